The van der Waals surface area contributed by atoms with E-state index in [1.807, 2.05) is 0 Å². The van der Waals surface area contributed by atoms with E-state index in [1.165, 1.54) is 42.1 Å². The fraction of sp³-hybridized carbons (Fsp3) is 0.500. The van der Waals surface area contributed by atoms with Gasteiger partial charge in [-0.05, 0) is 18.1 Å². The van der Waals surface area contributed by atoms with Crippen LogP contribution in [0.15, 0.2) is 41.4 Å². The van der Waals surface area contributed by atoms with Gasteiger partial charge < -0.3 is 0 Å². The van der Waals surface area contributed by atoms with E-state index in [9.17, 15) is 0 Å². The molecule has 0 heterocycles. The normalized spacial score (nSPS) is 14.3. The van der Waals surface area contributed by atoms with Crippen molar-refractivity contribution < 1.29 is 0 Å². The Kier molecular flexibility index (Phi) is 5.97. The Balaban J connectivity index is 2.74. The second kappa shape index (κ2) is 7.00. The van der Waals surface area contributed by atoms with E-state index in [0.29, 0.717) is 0 Å². The monoisotopic (exact) mass is 294 g/mol. The fourth-order valence-electron chi connectivity index (χ4n) is 2.19. The van der Waals surface area contributed by atoms with Crippen LogP contribution in [0.3, 0.4) is 0 Å². The van der Waals surface area contributed by atoms with Crippen LogP contribution in [0.5, 0.6) is 0 Å². The highest BCUT2D eigenvalue weighted by Crippen LogP contribution is 2.35. The summed E-state index contributed by atoms with van der Waals surface area (Å²) in [5, 5.41) is 0. The number of rotatable bonds is 7. The van der Waals surface area contributed by atoms with Crippen molar-refractivity contribution >= 4 is 15.9 Å². The standard InChI is InChI=1S/C16H23Br/c1-4-6-7-10-13-16(3,5-2)14-11-8-9-12-15(14)17/h5,8-9,11-12H,2,4,6-7,10,13H2,1,3H3/t16-/m1/s1. The first-order valence-corrected chi connectivity index (χ1v) is 7.32. The molecule has 0 aromatic heterocycles. The SMILES string of the molecule is C=C[C@](C)(CCCCCC)c1ccccc1Br. The maximum absolute atomic E-state index is 4.03. The van der Waals surface area contributed by atoms with Gasteiger partial charge in [0.05, 0.1) is 0 Å². The Morgan fingerprint density at radius 1 is 1.24 bits per heavy atom. The summed E-state index contributed by atoms with van der Waals surface area (Å²) in [6.07, 6.45) is 8.50. The average molecular weight is 295 g/mol. The van der Waals surface area contributed by atoms with Crippen LogP contribution in [-0.4, -0.2) is 0 Å². The molecule has 1 aromatic rings. The number of hydrogen-bond acceptors (Lipinski definition) is 0. The predicted molar refractivity (Wildman–Crippen MR) is 80.5 cm³/mol. The van der Waals surface area contributed by atoms with Crippen LogP contribution in [0.1, 0.15) is 51.5 Å². The third-order valence-electron chi connectivity index (χ3n) is 3.49. The molecule has 0 fully saturated rings. The molecule has 0 aliphatic rings. The zero-order valence-electron chi connectivity index (χ0n) is 11.0. The Bertz CT molecular complexity index is 356. The fourth-order valence-corrected chi connectivity index (χ4v) is 2.93. The summed E-state index contributed by atoms with van der Waals surface area (Å²) in [5.41, 5.74) is 1.44. The van der Waals surface area contributed by atoms with E-state index in [4.69, 9.17) is 0 Å². The molecule has 0 radical (unpaired) electrons. The van der Waals surface area contributed by atoms with Crippen molar-refractivity contribution in [1.82, 2.24) is 0 Å². The van der Waals surface area contributed by atoms with Gasteiger partial charge in [-0.1, -0.05) is 79.7 Å². The smallest absolute Gasteiger partial charge is 0.0216 e. The maximum Gasteiger partial charge on any atom is 0.0216 e. The van der Waals surface area contributed by atoms with E-state index in [0.717, 1.165) is 0 Å². The lowest BCUT2D eigenvalue weighted by atomic mass is 9.78. The quantitative estimate of drug-likeness (QED) is 0.436. The third kappa shape index (κ3) is 3.99. The van der Waals surface area contributed by atoms with Gasteiger partial charge >= 0.3 is 0 Å². The van der Waals surface area contributed by atoms with Gasteiger partial charge in [-0.25, -0.2) is 0 Å². The first kappa shape index (κ1) is 14.5. The Labute approximate surface area is 114 Å². The highest BCUT2D eigenvalue weighted by atomic mass is 79.9. The van der Waals surface area contributed by atoms with Crippen molar-refractivity contribution in [2.75, 3.05) is 0 Å². The van der Waals surface area contributed by atoms with E-state index in [-0.39, 0.29) is 5.41 Å². The summed E-state index contributed by atoms with van der Waals surface area (Å²) in [7, 11) is 0. The van der Waals surface area contributed by atoms with Crippen molar-refractivity contribution in [2.45, 2.75) is 51.4 Å². The first-order chi connectivity index (χ1) is 8.14. The van der Waals surface area contributed by atoms with Gasteiger partial charge in [0.1, 0.15) is 0 Å². The molecule has 1 rings (SSSR count). The third-order valence-corrected chi connectivity index (χ3v) is 4.18. The van der Waals surface area contributed by atoms with Gasteiger partial charge in [0.2, 0.25) is 0 Å². The van der Waals surface area contributed by atoms with E-state index in [1.54, 1.807) is 0 Å². The largest absolute Gasteiger partial charge is 0.102 e. The van der Waals surface area contributed by atoms with Crippen LogP contribution in [-0.2, 0) is 5.41 Å². The van der Waals surface area contributed by atoms with Gasteiger partial charge in [-0.15, -0.1) is 6.58 Å². The summed E-state index contributed by atoms with van der Waals surface area (Å²) in [5.74, 6) is 0. The van der Waals surface area contributed by atoms with E-state index >= 15 is 0 Å². The number of halogens is 1. The highest BCUT2D eigenvalue weighted by Gasteiger charge is 2.24. The van der Waals surface area contributed by atoms with Crippen molar-refractivity contribution in [2.24, 2.45) is 0 Å². The number of allylic oxidation sites excluding steroid dienone is 1. The zero-order chi connectivity index (χ0) is 12.7. The first-order valence-electron chi connectivity index (χ1n) is 6.52. The summed E-state index contributed by atoms with van der Waals surface area (Å²) < 4.78 is 1.19. The number of hydrogen-bond donors (Lipinski definition) is 0. The topological polar surface area (TPSA) is 0 Å². The van der Waals surface area contributed by atoms with E-state index in [2.05, 4.69) is 66.7 Å². The minimum absolute atomic E-state index is 0.0911. The molecule has 0 amide bonds. The Morgan fingerprint density at radius 2 is 1.94 bits per heavy atom. The summed E-state index contributed by atoms with van der Waals surface area (Å²) in [4.78, 5) is 0. The van der Waals surface area contributed by atoms with Crippen LogP contribution in [0.25, 0.3) is 0 Å². The lowest BCUT2D eigenvalue weighted by molar-refractivity contribution is 0.491. The average Bonchev–Trinajstić information content (AvgIpc) is 2.35. The molecule has 94 valence electrons. The van der Waals surface area contributed by atoms with Gasteiger partial charge in [-0.2, -0.15) is 0 Å². The van der Waals surface area contributed by atoms with Crippen molar-refractivity contribution in [3.8, 4) is 0 Å². The van der Waals surface area contributed by atoms with Crippen LogP contribution >= 0.6 is 15.9 Å². The van der Waals surface area contributed by atoms with Gasteiger partial charge in [0.15, 0.2) is 0 Å². The second-order valence-corrected chi connectivity index (χ2v) is 5.77. The number of benzene rings is 1. The molecular formula is C16H23Br. The van der Waals surface area contributed by atoms with E-state index < -0.39 is 0 Å². The Hall–Kier alpha value is -0.560. The van der Waals surface area contributed by atoms with Crippen LogP contribution in [0, 0.1) is 0 Å². The van der Waals surface area contributed by atoms with Crippen LogP contribution < -0.4 is 0 Å². The molecule has 0 aliphatic carbocycles. The molecule has 0 spiro atoms. The molecule has 1 heteroatoms. The molecular weight excluding hydrogens is 272 g/mol. The second-order valence-electron chi connectivity index (χ2n) is 4.91. The lowest BCUT2D eigenvalue weighted by Crippen LogP contribution is -2.19. The molecule has 0 aliphatic heterocycles. The molecule has 0 bridgehead atoms. The zero-order valence-corrected chi connectivity index (χ0v) is 12.6. The molecule has 0 saturated heterocycles. The minimum Gasteiger partial charge on any atom is -0.102 e. The maximum atomic E-state index is 4.03. The van der Waals surface area contributed by atoms with Crippen LogP contribution in [0.2, 0.25) is 0 Å². The predicted octanol–water partition coefficient (Wildman–Crippen LogP) is 5.86. The van der Waals surface area contributed by atoms with Crippen molar-refractivity contribution in [3.63, 3.8) is 0 Å². The molecule has 0 nitrogen and oxygen atoms in total. The minimum atomic E-state index is 0.0911. The molecule has 0 N–H and O–H groups in total. The van der Waals surface area contributed by atoms with Gasteiger partial charge in [0.25, 0.3) is 0 Å². The molecule has 0 unspecified atom stereocenters. The van der Waals surface area contributed by atoms with Crippen molar-refractivity contribution in [3.05, 3.63) is 47.0 Å². The van der Waals surface area contributed by atoms with Gasteiger partial charge in [-0.3, -0.25) is 0 Å². The summed E-state index contributed by atoms with van der Waals surface area (Å²) >= 11 is 3.65. The summed E-state index contributed by atoms with van der Waals surface area (Å²) in [6, 6.07) is 8.48. The summed E-state index contributed by atoms with van der Waals surface area (Å²) in [6.45, 7) is 8.56. The van der Waals surface area contributed by atoms with Crippen molar-refractivity contribution in [1.29, 1.82) is 0 Å². The lowest BCUT2D eigenvalue weighted by Gasteiger charge is -2.27. The highest BCUT2D eigenvalue weighted by molar-refractivity contribution is 9.10. The molecule has 17 heavy (non-hydrogen) atoms. The molecule has 0 saturated carbocycles. The van der Waals surface area contributed by atoms with Crippen LogP contribution in [0.4, 0.5) is 0 Å². The molecule has 1 atom stereocenters. The molecule has 1 aromatic carbocycles. The number of unbranched alkanes of at least 4 members (excludes halogenated alkanes) is 3. The Morgan fingerprint density at radius 3 is 2.53 bits per heavy atom. The van der Waals surface area contributed by atoms with Gasteiger partial charge in [0, 0.05) is 9.89 Å².